The molecule has 0 heterocycles. The number of benzene rings is 1. The maximum Gasteiger partial charge on any atom is 0.254 e. The SMILES string of the molecule is CC(C)CC(CO)NC(=O)c1cc(F)c(F)cc1F. The van der Waals surface area contributed by atoms with Crippen molar-refractivity contribution < 1.29 is 23.1 Å². The summed E-state index contributed by atoms with van der Waals surface area (Å²) >= 11 is 0. The molecule has 0 aromatic heterocycles. The third kappa shape index (κ3) is 4.24. The quantitative estimate of drug-likeness (QED) is 0.810. The number of carbonyl (C=O) groups excluding carboxylic acids is 1. The molecule has 0 aliphatic rings. The third-order valence-electron chi connectivity index (χ3n) is 2.57. The summed E-state index contributed by atoms with van der Waals surface area (Å²) in [6.45, 7) is 3.48. The molecule has 1 aromatic carbocycles. The summed E-state index contributed by atoms with van der Waals surface area (Å²) in [6.07, 6.45) is 0.494. The van der Waals surface area contributed by atoms with E-state index in [2.05, 4.69) is 5.32 Å². The van der Waals surface area contributed by atoms with Gasteiger partial charge in [-0.25, -0.2) is 13.2 Å². The lowest BCUT2D eigenvalue weighted by molar-refractivity contribution is 0.0903. The highest BCUT2D eigenvalue weighted by molar-refractivity contribution is 5.94. The minimum atomic E-state index is -1.35. The average Bonchev–Trinajstić information content (AvgIpc) is 2.32. The van der Waals surface area contributed by atoms with Gasteiger partial charge in [0.1, 0.15) is 5.82 Å². The van der Waals surface area contributed by atoms with E-state index in [0.29, 0.717) is 18.6 Å². The van der Waals surface area contributed by atoms with Crippen LogP contribution in [0.2, 0.25) is 0 Å². The molecule has 106 valence electrons. The molecule has 2 N–H and O–H groups in total. The molecular formula is C13H16F3NO2. The van der Waals surface area contributed by atoms with Gasteiger partial charge in [-0.3, -0.25) is 4.79 Å². The van der Waals surface area contributed by atoms with E-state index >= 15 is 0 Å². The van der Waals surface area contributed by atoms with Crippen molar-refractivity contribution in [2.45, 2.75) is 26.3 Å². The molecule has 1 aromatic rings. The fourth-order valence-corrected chi connectivity index (χ4v) is 1.71. The van der Waals surface area contributed by atoms with E-state index in [0.717, 1.165) is 0 Å². The van der Waals surface area contributed by atoms with Crippen LogP contribution in [0.4, 0.5) is 13.2 Å². The van der Waals surface area contributed by atoms with Gasteiger partial charge >= 0.3 is 0 Å². The molecule has 3 nitrogen and oxygen atoms in total. The summed E-state index contributed by atoms with van der Waals surface area (Å²) in [7, 11) is 0. The van der Waals surface area contributed by atoms with Crippen LogP contribution in [0.25, 0.3) is 0 Å². The molecular weight excluding hydrogens is 259 g/mol. The fraction of sp³-hybridized carbons (Fsp3) is 0.462. The first-order valence-electron chi connectivity index (χ1n) is 5.91. The highest BCUT2D eigenvalue weighted by atomic mass is 19.2. The Hall–Kier alpha value is -1.56. The number of amides is 1. The molecule has 0 bridgehead atoms. The Morgan fingerprint density at radius 1 is 1.21 bits per heavy atom. The molecule has 1 rings (SSSR count). The van der Waals surface area contributed by atoms with Gasteiger partial charge < -0.3 is 10.4 Å². The molecule has 0 saturated carbocycles. The molecule has 0 saturated heterocycles. The van der Waals surface area contributed by atoms with Crippen molar-refractivity contribution in [1.82, 2.24) is 5.32 Å². The lowest BCUT2D eigenvalue weighted by atomic mass is 10.0. The molecule has 1 atom stereocenters. The highest BCUT2D eigenvalue weighted by Crippen LogP contribution is 2.14. The van der Waals surface area contributed by atoms with Crippen LogP contribution in [-0.2, 0) is 0 Å². The summed E-state index contributed by atoms with van der Waals surface area (Å²) < 4.78 is 39.1. The van der Waals surface area contributed by atoms with E-state index in [1.165, 1.54) is 0 Å². The second kappa shape index (κ2) is 6.56. The van der Waals surface area contributed by atoms with Gasteiger partial charge in [0.15, 0.2) is 11.6 Å². The fourth-order valence-electron chi connectivity index (χ4n) is 1.71. The van der Waals surface area contributed by atoms with E-state index in [4.69, 9.17) is 5.11 Å². The Labute approximate surface area is 109 Å². The summed E-state index contributed by atoms with van der Waals surface area (Å²) in [5, 5.41) is 11.5. The number of hydrogen-bond acceptors (Lipinski definition) is 2. The van der Waals surface area contributed by atoms with Crippen molar-refractivity contribution >= 4 is 5.91 Å². The number of carbonyl (C=O) groups is 1. The van der Waals surface area contributed by atoms with E-state index in [1.807, 2.05) is 13.8 Å². The van der Waals surface area contributed by atoms with Crippen LogP contribution >= 0.6 is 0 Å². The van der Waals surface area contributed by atoms with Crippen LogP contribution in [-0.4, -0.2) is 23.7 Å². The Kier molecular flexibility index (Phi) is 5.35. The molecule has 0 aliphatic carbocycles. The van der Waals surface area contributed by atoms with Gasteiger partial charge in [0.2, 0.25) is 0 Å². The Morgan fingerprint density at radius 3 is 2.32 bits per heavy atom. The van der Waals surface area contributed by atoms with Crippen molar-refractivity contribution in [1.29, 1.82) is 0 Å². The monoisotopic (exact) mass is 275 g/mol. The molecule has 0 spiro atoms. The number of aliphatic hydroxyl groups is 1. The van der Waals surface area contributed by atoms with Crippen LogP contribution in [0.1, 0.15) is 30.6 Å². The van der Waals surface area contributed by atoms with Gasteiger partial charge in [-0.15, -0.1) is 0 Å². The zero-order valence-electron chi connectivity index (χ0n) is 10.7. The van der Waals surface area contributed by atoms with E-state index < -0.39 is 35.0 Å². The summed E-state index contributed by atoms with van der Waals surface area (Å²) in [5.41, 5.74) is -0.582. The standard InChI is InChI=1S/C13H16F3NO2/c1-7(2)3-8(6-18)17-13(19)9-4-11(15)12(16)5-10(9)14/h4-5,7-8,18H,3,6H2,1-2H3,(H,17,19). The van der Waals surface area contributed by atoms with Gasteiger partial charge in [-0.05, 0) is 18.4 Å². The van der Waals surface area contributed by atoms with Gasteiger partial charge in [0.05, 0.1) is 18.2 Å². The van der Waals surface area contributed by atoms with Crippen LogP contribution in [0, 0.1) is 23.4 Å². The number of hydrogen-bond donors (Lipinski definition) is 2. The minimum Gasteiger partial charge on any atom is -0.394 e. The first-order chi connectivity index (χ1) is 8.85. The zero-order valence-corrected chi connectivity index (χ0v) is 10.7. The average molecular weight is 275 g/mol. The van der Waals surface area contributed by atoms with Crippen LogP contribution in [0.3, 0.4) is 0 Å². The Morgan fingerprint density at radius 2 is 1.79 bits per heavy atom. The predicted octanol–water partition coefficient (Wildman–Crippen LogP) is 2.24. The topological polar surface area (TPSA) is 49.3 Å². The van der Waals surface area contributed by atoms with Crippen molar-refractivity contribution in [3.63, 3.8) is 0 Å². The first kappa shape index (κ1) is 15.5. The van der Waals surface area contributed by atoms with E-state index in [1.54, 1.807) is 0 Å². The molecule has 1 unspecified atom stereocenters. The molecule has 0 aliphatic heterocycles. The highest BCUT2D eigenvalue weighted by Gasteiger charge is 2.19. The summed E-state index contributed by atoms with van der Waals surface area (Å²) in [4.78, 5) is 11.7. The predicted molar refractivity (Wildman–Crippen MR) is 64.1 cm³/mol. The maximum atomic E-state index is 13.4. The normalized spacial score (nSPS) is 12.6. The van der Waals surface area contributed by atoms with Crippen molar-refractivity contribution in [2.75, 3.05) is 6.61 Å². The van der Waals surface area contributed by atoms with Gasteiger partial charge in [0, 0.05) is 6.07 Å². The molecule has 19 heavy (non-hydrogen) atoms. The largest absolute Gasteiger partial charge is 0.394 e. The zero-order chi connectivity index (χ0) is 14.6. The van der Waals surface area contributed by atoms with Gasteiger partial charge in [-0.1, -0.05) is 13.8 Å². The number of halogens is 3. The van der Waals surface area contributed by atoms with Gasteiger partial charge in [0.25, 0.3) is 5.91 Å². The van der Waals surface area contributed by atoms with Crippen molar-refractivity contribution in [2.24, 2.45) is 5.92 Å². The van der Waals surface area contributed by atoms with Gasteiger partial charge in [-0.2, -0.15) is 0 Å². The second-order valence-corrected chi connectivity index (χ2v) is 4.73. The van der Waals surface area contributed by atoms with Crippen LogP contribution in [0.15, 0.2) is 12.1 Å². The smallest absolute Gasteiger partial charge is 0.254 e. The lowest BCUT2D eigenvalue weighted by Gasteiger charge is -2.18. The van der Waals surface area contributed by atoms with E-state index in [9.17, 15) is 18.0 Å². The number of rotatable bonds is 5. The summed E-state index contributed by atoms with van der Waals surface area (Å²) in [6, 6.07) is 0.268. The molecule has 1 amide bonds. The lowest BCUT2D eigenvalue weighted by Crippen LogP contribution is -2.38. The van der Waals surface area contributed by atoms with E-state index in [-0.39, 0.29) is 12.5 Å². The number of aliphatic hydroxyl groups excluding tert-OH is 1. The maximum absolute atomic E-state index is 13.4. The Balaban J connectivity index is 2.85. The number of nitrogens with one attached hydrogen (secondary N) is 1. The molecule has 6 heteroatoms. The van der Waals surface area contributed by atoms with Crippen molar-refractivity contribution in [3.05, 3.63) is 35.1 Å². The van der Waals surface area contributed by atoms with Crippen LogP contribution in [0.5, 0.6) is 0 Å². The second-order valence-electron chi connectivity index (χ2n) is 4.73. The first-order valence-corrected chi connectivity index (χ1v) is 5.91. The third-order valence-corrected chi connectivity index (χ3v) is 2.57. The molecule has 0 fully saturated rings. The summed E-state index contributed by atoms with van der Waals surface area (Å²) in [5.74, 6) is -4.45. The molecule has 0 radical (unpaired) electrons. The Bertz CT molecular complexity index is 463. The van der Waals surface area contributed by atoms with Crippen molar-refractivity contribution in [3.8, 4) is 0 Å². The minimum absolute atomic E-state index is 0.215. The van der Waals surface area contributed by atoms with Crippen LogP contribution < -0.4 is 5.32 Å².